The van der Waals surface area contributed by atoms with Crippen LogP contribution in [-0.4, -0.2) is 57.2 Å². The number of carbonyl (C=O) groups excluding carboxylic acids is 2. The third-order valence-corrected chi connectivity index (χ3v) is 7.50. The molecule has 8 nitrogen and oxygen atoms in total. The lowest BCUT2D eigenvalue weighted by Gasteiger charge is -2.34. The standard InChI is InChI=1S/C31H51NO7/c1-19(2)23(21(5)22-12-13-26(36-10)28(16-22)37-15-11-14-35-9)17-25(32-30(34)39-31(6,7)8)27-18-24(20(3)4)29(33)38-27/h12-13,16,19-21,23-25,27H,11,14-15,17-18H2,1-10H3,(H,32,34)/t21-,23-,24-,25-,27-/m0/s1. The van der Waals surface area contributed by atoms with Gasteiger partial charge in [-0.2, -0.15) is 0 Å². The van der Waals surface area contributed by atoms with Crippen molar-refractivity contribution in [3.8, 4) is 11.5 Å². The van der Waals surface area contributed by atoms with Gasteiger partial charge in [0.1, 0.15) is 11.7 Å². The molecule has 1 aliphatic heterocycles. The SMILES string of the molecule is COCCCOc1cc([C@H](C)[C@@H](C[C@H](NC(=O)OC(C)(C)C)[C@@H]2C[C@@H](C(C)C)C(=O)O2)C(C)C)ccc1OC. The van der Waals surface area contributed by atoms with Crippen molar-refractivity contribution < 1.29 is 33.3 Å². The molecule has 1 saturated heterocycles. The van der Waals surface area contributed by atoms with Crippen LogP contribution in [0.25, 0.3) is 0 Å². The normalized spacial score (nSPS) is 19.9. The van der Waals surface area contributed by atoms with E-state index >= 15 is 0 Å². The Labute approximate surface area is 235 Å². The van der Waals surface area contributed by atoms with E-state index in [1.165, 1.54) is 0 Å². The number of methoxy groups -OCH3 is 2. The second-order valence-corrected chi connectivity index (χ2v) is 12.4. The van der Waals surface area contributed by atoms with Crippen LogP contribution < -0.4 is 14.8 Å². The average molecular weight is 550 g/mol. The minimum atomic E-state index is -0.630. The summed E-state index contributed by atoms with van der Waals surface area (Å²) in [5, 5.41) is 3.06. The summed E-state index contributed by atoms with van der Waals surface area (Å²) < 4.78 is 28.1. The van der Waals surface area contributed by atoms with E-state index in [9.17, 15) is 9.59 Å². The second-order valence-electron chi connectivity index (χ2n) is 12.4. The van der Waals surface area contributed by atoms with E-state index in [1.807, 2.05) is 46.8 Å². The number of rotatable bonds is 14. The van der Waals surface area contributed by atoms with E-state index in [0.717, 1.165) is 12.0 Å². The summed E-state index contributed by atoms with van der Waals surface area (Å²) >= 11 is 0. The predicted octanol–water partition coefficient (Wildman–Crippen LogP) is 6.36. The number of amides is 1. The maximum atomic E-state index is 12.9. The first-order chi connectivity index (χ1) is 18.3. The zero-order chi connectivity index (χ0) is 29.3. The number of hydrogen-bond acceptors (Lipinski definition) is 7. The van der Waals surface area contributed by atoms with Crippen molar-refractivity contribution in [3.05, 3.63) is 23.8 Å². The monoisotopic (exact) mass is 549 g/mol. The van der Waals surface area contributed by atoms with Crippen LogP contribution in [0, 0.1) is 23.7 Å². The van der Waals surface area contributed by atoms with Gasteiger partial charge in [0.2, 0.25) is 0 Å². The number of benzene rings is 1. The van der Waals surface area contributed by atoms with Crippen LogP contribution in [0.15, 0.2) is 18.2 Å². The van der Waals surface area contributed by atoms with Crippen LogP contribution in [0.5, 0.6) is 11.5 Å². The fraction of sp³-hybridized carbons (Fsp3) is 0.742. The Hall–Kier alpha value is -2.48. The molecule has 8 heteroatoms. The van der Waals surface area contributed by atoms with E-state index in [0.29, 0.717) is 43.5 Å². The number of alkyl carbamates (subject to hydrolysis) is 1. The highest BCUT2D eigenvalue weighted by Crippen LogP contribution is 2.39. The highest BCUT2D eigenvalue weighted by atomic mass is 16.6. The lowest BCUT2D eigenvalue weighted by Crippen LogP contribution is -2.47. The van der Waals surface area contributed by atoms with Gasteiger partial charge in [0.25, 0.3) is 0 Å². The Kier molecular flexibility index (Phi) is 12.4. The Bertz CT molecular complexity index is 924. The first-order valence-corrected chi connectivity index (χ1v) is 14.3. The Balaban J connectivity index is 2.31. The highest BCUT2D eigenvalue weighted by molar-refractivity contribution is 5.75. The number of nitrogens with one attached hydrogen (secondary N) is 1. The first-order valence-electron chi connectivity index (χ1n) is 14.3. The number of hydrogen-bond donors (Lipinski definition) is 1. The number of cyclic esters (lactones) is 1. The van der Waals surface area contributed by atoms with Crippen molar-refractivity contribution in [3.63, 3.8) is 0 Å². The summed E-state index contributed by atoms with van der Waals surface area (Å²) in [6.07, 6.45) is 1.10. The van der Waals surface area contributed by atoms with Crippen molar-refractivity contribution >= 4 is 12.1 Å². The molecule has 0 spiro atoms. The number of carbonyl (C=O) groups is 2. The maximum Gasteiger partial charge on any atom is 0.408 e. The van der Waals surface area contributed by atoms with Crippen LogP contribution in [-0.2, 0) is 19.0 Å². The molecule has 5 atom stereocenters. The van der Waals surface area contributed by atoms with Gasteiger partial charge < -0.3 is 29.0 Å². The molecule has 1 aromatic carbocycles. The highest BCUT2D eigenvalue weighted by Gasteiger charge is 2.42. The molecule has 1 aliphatic rings. The summed E-state index contributed by atoms with van der Waals surface area (Å²) in [6.45, 7) is 17.3. The lowest BCUT2D eigenvalue weighted by molar-refractivity contribution is -0.146. The molecule has 0 aliphatic carbocycles. The van der Waals surface area contributed by atoms with Gasteiger partial charge in [-0.15, -0.1) is 0 Å². The van der Waals surface area contributed by atoms with Gasteiger partial charge >= 0.3 is 12.1 Å². The van der Waals surface area contributed by atoms with Crippen LogP contribution in [0.2, 0.25) is 0 Å². The molecule has 0 radical (unpaired) electrons. The minimum Gasteiger partial charge on any atom is -0.493 e. The molecule has 0 aromatic heterocycles. The summed E-state index contributed by atoms with van der Waals surface area (Å²) in [4.78, 5) is 25.5. The Morgan fingerprint density at radius 3 is 2.31 bits per heavy atom. The fourth-order valence-electron chi connectivity index (χ4n) is 5.25. The van der Waals surface area contributed by atoms with E-state index in [2.05, 4.69) is 32.2 Å². The van der Waals surface area contributed by atoms with E-state index in [4.69, 9.17) is 23.7 Å². The zero-order valence-electron chi connectivity index (χ0n) is 25.7. The van der Waals surface area contributed by atoms with Gasteiger partial charge in [-0.1, -0.05) is 40.7 Å². The van der Waals surface area contributed by atoms with E-state index in [-0.39, 0.29) is 35.7 Å². The van der Waals surface area contributed by atoms with E-state index < -0.39 is 17.8 Å². The first kappa shape index (κ1) is 32.7. The lowest BCUT2D eigenvalue weighted by atomic mass is 9.75. The Morgan fingerprint density at radius 2 is 1.77 bits per heavy atom. The van der Waals surface area contributed by atoms with Crippen molar-refractivity contribution in [2.45, 2.75) is 98.3 Å². The molecule has 1 amide bonds. The van der Waals surface area contributed by atoms with Crippen LogP contribution in [0.1, 0.15) is 86.1 Å². The third-order valence-electron chi connectivity index (χ3n) is 7.50. The molecule has 1 N–H and O–H groups in total. The summed E-state index contributed by atoms with van der Waals surface area (Å²) in [5.74, 6) is 1.81. The molecule has 1 aromatic rings. The average Bonchev–Trinajstić information content (AvgIpc) is 3.24. The number of ether oxygens (including phenoxy) is 5. The zero-order valence-corrected chi connectivity index (χ0v) is 25.7. The van der Waals surface area contributed by atoms with Crippen LogP contribution in [0.4, 0.5) is 4.79 Å². The van der Waals surface area contributed by atoms with Gasteiger partial charge in [0, 0.05) is 20.1 Å². The quantitative estimate of drug-likeness (QED) is 0.213. The summed E-state index contributed by atoms with van der Waals surface area (Å²) in [7, 11) is 3.31. The third kappa shape index (κ3) is 9.89. The van der Waals surface area contributed by atoms with Crippen LogP contribution >= 0.6 is 0 Å². The minimum absolute atomic E-state index is 0.137. The summed E-state index contributed by atoms with van der Waals surface area (Å²) in [5.41, 5.74) is 0.491. The molecule has 39 heavy (non-hydrogen) atoms. The van der Waals surface area contributed by atoms with Crippen LogP contribution in [0.3, 0.4) is 0 Å². The second kappa shape index (κ2) is 14.8. The van der Waals surface area contributed by atoms with Crippen molar-refractivity contribution in [2.24, 2.45) is 23.7 Å². The maximum absolute atomic E-state index is 12.9. The van der Waals surface area contributed by atoms with Gasteiger partial charge in [-0.3, -0.25) is 4.79 Å². The smallest absolute Gasteiger partial charge is 0.408 e. The van der Waals surface area contributed by atoms with Crippen molar-refractivity contribution in [1.29, 1.82) is 0 Å². The Morgan fingerprint density at radius 1 is 1.08 bits per heavy atom. The van der Waals surface area contributed by atoms with Gasteiger partial charge in [-0.25, -0.2) is 4.79 Å². The van der Waals surface area contributed by atoms with Gasteiger partial charge in [-0.05, 0) is 75.0 Å². The molecule has 0 unspecified atom stereocenters. The summed E-state index contributed by atoms with van der Waals surface area (Å²) in [6, 6.07) is 5.69. The molecule has 1 fully saturated rings. The fourth-order valence-corrected chi connectivity index (χ4v) is 5.25. The largest absolute Gasteiger partial charge is 0.493 e. The van der Waals surface area contributed by atoms with Gasteiger partial charge in [0.15, 0.2) is 11.5 Å². The molecule has 222 valence electrons. The number of esters is 1. The predicted molar refractivity (Wildman–Crippen MR) is 152 cm³/mol. The molecule has 0 bridgehead atoms. The molecular formula is C31H51NO7. The van der Waals surface area contributed by atoms with Crippen molar-refractivity contribution in [1.82, 2.24) is 5.32 Å². The van der Waals surface area contributed by atoms with E-state index in [1.54, 1.807) is 14.2 Å². The molecular weight excluding hydrogens is 498 g/mol. The molecule has 2 rings (SSSR count). The van der Waals surface area contributed by atoms with Gasteiger partial charge in [0.05, 0.1) is 25.7 Å². The molecule has 0 saturated carbocycles. The topological polar surface area (TPSA) is 92.3 Å². The molecule has 1 heterocycles. The van der Waals surface area contributed by atoms with Crippen molar-refractivity contribution in [2.75, 3.05) is 27.4 Å².